The molecule has 2 saturated heterocycles. The first-order valence-corrected chi connectivity index (χ1v) is 9.55. The van der Waals surface area contributed by atoms with E-state index in [9.17, 15) is 9.59 Å². The number of carbonyl (C=O) groups is 2. The number of thioether (sulfide) groups is 1. The third-order valence-electron chi connectivity index (χ3n) is 4.59. The molecule has 0 aromatic carbocycles. The number of amides is 1. The maximum absolute atomic E-state index is 12.6. The van der Waals surface area contributed by atoms with Gasteiger partial charge in [0.25, 0.3) is 5.91 Å². The molecule has 0 spiro atoms. The van der Waals surface area contributed by atoms with Crippen LogP contribution in [-0.4, -0.2) is 90.7 Å². The number of quaternary nitrogens is 1. The van der Waals surface area contributed by atoms with E-state index < -0.39 is 0 Å². The van der Waals surface area contributed by atoms with Crippen LogP contribution in [0.1, 0.15) is 0 Å². The van der Waals surface area contributed by atoms with E-state index >= 15 is 0 Å². The predicted octanol–water partition coefficient (Wildman–Crippen LogP) is -1.70. The minimum absolute atomic E-state index is 0.119. The first-order chi connectivity index (χ1) is 12.2. The van der Waals surface area contributed by atoms with E-state index in [0.29, 0.717) is 19.6 Å². The lowest BCUT2D eigenvalue weighted by Crippen LogP contribution is -3.16. The molecule has 1 N–H and O–H groups in total. The summed E-state index contributed by atoms with van der Waals surface area (Å²) >= 11 is 1.57. The molecule has 3 rings (SSSR count). The van der Waals surface area contributed by atoms with Gasteiger partial charge in [0.15, 0.2) is 6.54 Å². The number of ether oxygens (including phenoxy) is 1. The van der Waals surface area contributed by atoms with Crippen molar-refractivity contribution < 1.29 is 19.2 Å². The largest absolute Gasteiger partial charge is 0.468 e. The zero-order chi connectivity index (χ0) is 17.6. The van der Waals surface area contributed by atoms with Crippen molar-refractivity contribution >= 4 is 29.6 Å². The van der Waals surface area contributed by atoms with Crippen LogP contribution in [0.15, 0.2) is 18.5 Å². The molecule has 8 nitrogen and oxygen atoms in total. The van der Waals surface area contributed by atoms with Crippen molar-refractivity contribution in [1.29, 1.82) is 0 Å². The average Bonchev–Trinajstić information content (AvgIpc) is 2.68. The van der Waals surface area contributed by atoms with Crippen LogP contribution in [0.25, 0.3) is 0 Å². The molecule has 0 aliphatic carbocycles. The number of piperazine rings is 1. The van der Waals surface area contributed by atoms with Crippen LogP contribution in [-0.2, 0) is 14.3 Å². The summed E-state index contributed by atoms with van der Waals surface area (Å²) in [6.45, 7) is 5.07. The smallest absolute Gasteiger partial charge is 0.320 e. The van der Waals surface area contributed by atoms with E-state index in [0.717, 1.165) is 37.9 Å². The van der Waals surface area contributed by atoms with Gasteiger partial charge in [-0.1, -0.05) is 0 Å². The van der Waals surface area contributed by atoms with Gasteiger partial charge >= 0.3 is 5.97 Å². The molecule has 1 atom stereocenters. The van der Waals surface area contributed by atoms with Gasteiger partial charge in [0.2, 0.25) is 5.95 Å². The number of rotatable bonds is 4. The van der Waals surface area contributed by atoms with Crippen LogP contribution in [0, 0.1) is 0 Å². The Kier molecular flexibility index (Phi) is 6.09. The molecule has 1 aromatic heterocycles. The minimum Gasteiger partial charge on any atom is -0.468 e. The topological polar surface area (TPSA) is 80.1 Å². The number of carbonyl (C=O) groups excluding carboxylic acids is 2. The number of aromatic nitrogens is 2. The molecule has 0 unspecified atom stereocenters. The highest BCUT2D eigenvalue weighted by Gasteiger charge is 2.32. The number of methoxy groups -OCH3 is 1. The maximum atomic E-state index is 12.6. The molecule has 0 bridgehead atoms. The van der Waals surface area contributed by atoms with E-state index in [4.69, 9.17) is 4.74 Å². The molecule has 2 fully saturated rings. The minimum atomic E-state index is -0.259. The number of nitrogens with zero attached hydrogens (tertiary/aromatic N) is 4. The van der Waals surface area contributed by atoms with Gasteiger partial charge in [-0.2, -0.15) is 0 Å². The molecule has 136 valence electrons. The molecule has 9 heteroatoms. The number of anilines is 1. The van der Waals surface area contributed by atoms with Crippen LogP contribution >= 0.6 is 11.8 Å². The lowest BCUT2D eigenvalue weighted by molar-refractivity contribution is -0.892. The SMILES string of the molecule is COC(=O)[C@@H]1CN(C(=O)C[NH+]2CCN(c3ncccn3)CC2)CCS1. The van der Waals surface area contributed by atoms with Crippen LogP contribution < -0.4 is 9.80 Å². The summed E-state index contributed by atoms with van der Waals surface area (Å²) in [5.74, 6) is 1.40. The van der Waals surface area contributed by atoms with Crippen molar-refractivity contribution in [3.8, 4) is 0 Å². The zero-order valence-electron chi connectivity index (χ0n) is 14.4. The van der Waals surface area contributed by atoms with E-state index in [1.807, 2.05) is 6.07 Å². The van der Waals surface area contributed by atoms with Crippen LogP contribution in [0.2, 0.25) is 0 Å². The van der Waals surface area contributed by atoms with Crippen LogP contribution in [0.3, 0.4) is 0 Å². The third kappa shape index (κ3) is 4.60. The van der Waals surface area contributed by atoms with Gasteiger partial charge in [0.05, 0.1) is 33.3 Å². The zero-order valence-corrected chi connectivity index (χ0v) is 15.2. The molecule has 0 radical (unpaired) electrons. The lowest BCUT2D eigenvalue weighted by atomic mass is 10.3. The lowest BCUT2D eigenvalue weighted by Gasteiger charge is -2.34. The highest BCUT2D eigenvalue weighted by atomic mass is 32.2. The Balaban J connectivity index is 1.47. The number of nitrogens with one attached hydrogen (secondary N) is 1. The van der Waals surface area contributed by atoms with Gasteiger partial charge in [-0.15, -0.1) is 11.8 Å². The summed E-state index contributed by atoms with van der Waals surface area (Å²) in [7, 11) is 1.39. The second kappa shape index (κ2) is 8.48. The summed E-state index contributed by atoms with van der Waals surface area (Å²) in [6.07, 6.45) is 3.49. The summed E-state index contributed by atoms with van der Waals surface area (Å²) in [4.78, 5) is 38.1. The standard InChI is InChI=1S/C16H23N5O3S/c1-24-15(23)13-11-21(9-10-25-13)14(22)12-19-5-7-20(8-6-19)16-17-3-2-4-18-16/h2-4,13H,5-12H2,1H3/p+1/t13-/m0/s1. The van der Waals surface area contributed by atoms with Gasteiger partial charge in [0, 0.05) is 31.2 Å². The van der Waals surface area contributed by atoms with Crippen LogP contribution in [0.5, 0.6) is 0 Å². The van der Waals surface area contributed by atoms with E-state index in [2.05, 4.69) is 14.9 Å². The Hall–Kier alpha value is -1.87. The van der Waals surface area contributed by atoms with Crippen molar-refractivity contribution in [1.82, 2.24) is 14.9 Å². The molecule has 3 heterocycles. The van der Waals surface area contributed by atoms with Crippen molar-refractivity contribution in [3.63, 3.8) is 0 Å². The Morgan fingerprint density at radius 2 is 2.00 bits per heavy atom. The fourth-order valence-corrected chi connectivity index (χ4v) is 4.26. The Morgan fingerprint density at radius 1 is 1.28 bits per heavy atom. The van der Waals surface area contributed by atoms with Crippen molar-refractivity contribution in [2.75, 3.05) is 63.6 Å². The third-order valence-corrected chi connectivity index (χ3v) is 5.75. The van der Waals surface area contributed by atoms with Gasteiger partial charge in [-0.3, -0.25) is 9.59 Å². The normalized spacial score (nSPS) is 21.9. The average molecular weight is 366 g/mol. The molecule has 0 saturated carbocycles. The highest BCUT2D eigenvalue weighted by Crippen LogP contribution is 2.19. The van der Waals surface area contributed by atoms with Gasteiger partial charge in [-0.25, -0.2) is 9.97 Å². The van der Waals surface area contributed by atoms with Gasteiger partial charge in [0.1, 0.15) is 5.25 Å². The predicted molar refractivity (Wildman–Crippen MR) is 94.7 cm³/mol. The molecule has 1 amide bonds. The first kappa shape index (κ1) is 17.9. The fourth-order valence-electron chi connectivity index (χ4n) is 3.13. The van der Waals surface area contributed by atoms with Gasteiger partial charge < -0.3 is 19.4 Å². The summed E-state index contributed by atoms with van der Waals surface area (Å²) < 4.78 is 4.80. The van der Waals surface area contributed by atoms with Gasteiger partial charge in [-0.05, 0) is 6.07 Å². The molecular formula is C16H24N5O3S+. The Labute approximate surface area is 151 Å². The summed E-state index contributed by atoms with van der Waals surface area (Å²) in [5, 5.41) is -0.259. The second-order valence-electron chi connectivity index (χ2n) is 6.18. The van der Waals surface area contributed by atoms with E-state index in [1.54, 1.807) is 29.1 Å². The number of hydrogen-bond acceptors (Lipinski definition) is 7. The fraction of sp³-hybridized carbons (Fsp3) is 0.625. The molecule has 25 heavy (non-hydrogen) atoms. The first-order valence-electron chi connectivity index (χ1n) is 8.50. The van der Waals surface area contributed by atoms with E-state index in [-0.39, 0.29) is 17.1 Å². The Bertz CT molecular complexity index is 595. The highest BCUT2D eigenvalue weighted by molar-refractivity contribution is 8.00. The summed E-state index contributed by atoms with van der Waals surface area (Å²) in [6, 6.07) is 1.81. The summed E-state index contributed by atoms with van der Waals surface area (Å²) in [5.41, 5.74) is 0. The molecular weight excluding hydrogens is 342 g/mol. The number of esters is 1. The van der Waals surface area contributed by atoms with Crippen LogP contribution in [0.4, 0.5) is 5.95 Å². The molecule has 2 aliphatic heterocycles. The maximum Gasteiger partial charge on any atom is 0.320 e. The Morgan fingerprint density at radius 3 is 2.68 bits per heavy atom. The number of hydrogen-bond donors (Lipinski definition) is 1. The molecule has 1 aromatic rings. The quantitative estimate of drug-likeness (QED) is 0.636. The van der Waals surface area contributed by atoms with E-state index in [1.165, 1.54) is 12.0 Å². The van der Waals surface area contributed by atoms with Crippen molar-refractivity contribution in [2.24, 2.45) is 0 Å². The van der Waals surface area contributed by atoms with Crippen molar-refractivity contribution in [2.45, 2.75) is 5.25 Å². The molecule has 2 aliphatic rings. The monoisotopic (exact) mass is 366 g/mol. The van der Waals surface area contributed by atoms with Crippen molar-refractivity contribution in [3.05, 3.63) is 18.5 Å². The second-order valence-corrected chi connectivity index (χ2v) is 7.50.